The van der Waals surface area contributed by atoms with Gasteiger partial charge in [-0.3, -0.25) is 4.79 Å². The van der Waals surface area contributed by atoms with Crippen molar-refractivity contribution in [3.8, 4) is 0 Å². The van der Waals surface area contributed by atoms with Crippen LogP contribution < -0.4 is 21.7 Å². The number of anilines is 1. The van der Waals surface area contributed by atoms with E-state index in [9.17, 15) is 14.4 Å². The number of ether oxygens (including phenoxy) is 4. The lowest BCUT2D eigenvalue weighted by Gasteiger charge is -2.58. The van der Waals surface area contributed by atoms with Crippen LogP contribution in [0.2, 0.25) is 0 Å². The molecule has 4 aromatic rings. The minimum atomic E-state index is -0.580. The van der Waals surface area contributed by atoms with Gasteiger partial charge in [-0.05, 0) is 148 Å². The zero-order valence-electron chi connectivity index (χ0n) is 50.5. The van der Waals surface area contributed by atoms with E-state index in [1.165, 1.54) is 51.4 Å². The highest BCUT2D eigenvalue weighted by atomic mass is 16.6. The topological polar surface area (TPSA) is 181 Å². The molecule has 5 N–H and O–H groups in total. The summed E-state index contributed by atoms with van der Waals surface area (Å²) in [6.07, 6.45) is 19.7. The molecule has 0 radical (unpaired) electrons. The van der Waals surface area contributed by atoms with Crippen molar-refractivity contribution in [2.75, 3.05) is 45.3 Å². The largest absolute Gasteiger partial charge is 0.447 e. The number of allylic oxidation sites excluding steroid dienone is 1. The van der Waals surface area contributed by atoms with Gasteiger partial charge >= 0.3 is 12.2 Å². The molecule has 2 aromatic carbocycles. The highest BCUT2D eigenvalue weighted by Crippen LogP contribution is 2.67. The zero-order valence-corrected chi connectivity index (χ0v) is 50.5. The van der Waals surface area contributed by atoms with Crippen LogP contribution in [0.1, 0.15) is 183 Å². The van der Waals surface area contributed by atoms with Crippen molar-refractivity contribution >= 4 is 45.8 Å². The number of hydrogen-bond donors (Lipinski definition) is 4. The summed E-state index contributed by atoms with van der Waals surface area (Å²) in [4.78, 5) is 48.3. The SMILES string of the molecule is CCCCc1nc2c(N)nc3ccccc3c2n1Cc1ccc(CNC(=O)OCCOCCOC(=O)NCCC(C)(C)OCCC(C)(C)C(=O)NC2CCC3(C)C(=CCC4C3CCC3(C)C(C(C)CCCC(C)C)CCC43)C2)cc1. The van der Waals surface area contributed by atoms with Crippen LogP contribution in [0.5, 0.6) is 0 Å². The van der Waals surface area contributed by atoms with Crippen molar-refractivity contribution in [2.24, 2.45) is 51.8 Å². The fraction of sp³-hybridized carbons (Fsp3) is 0.682. The Bertz CT molecular complexity index is 2750. The molecule has 4 aliphatic carbocycles. The highest BCUT2D eigenvalue weighted by Gasteiger charge is 2.59. The van der Waals surface area contributed by atoms with Crippen LogP contribution in [0.3, 0.4) is 0 Å². The van der Waals surface area contributed by atoms with E-state index in [-0.39, 0.29) is 43.8 Å². The molecule has 0 aliphatic heterocycles. The lowest BCUT2D eigenvalue weighted by molar-refractivity contribution is -0.132. The molecule has 3 saturated carbocycles. The van der Waals surface area contributed by atoms with Crippen molar-refractivity contribution in [1.29, 1.82) is 0 Å². The Balaban J connectivity index is 0.663. The second kappa shape index (κ2) is 26.8. The minimum Gasteiger partial charge on any atom is -0.447 e. The van der Waals surface area contributed by atoms with Crippen molar-refractivity contribution in [2.45, 2.75) is 197 Å². The number of para-hydroxylation sites is 1. The smallest absolute Gasteiger partial charge is 0.407 e. The third kappa shape index (κ3) is 14.7. The molecule has 0 bridgehead atoms. The molecule has 14 nitrogen and oxygen atoms in total. The summed E-state index contributed by atoms with van der Waals surface area (Å²) >= 11 is 0. The average molecular weight is 1100 g/mol. The normalized spacial score (nSPS) is 24.2. The summed E-state index contributed by atoms with van der Waals surface area (Å²) in [5.74, 6) is 6.46. The molecular weight excluding hydrogens is 1000 g/mol. The third-order valence-electron chi connectivity index (χ3n) is 19.6. The van der Waals surface area contributed by atoms with E-state index < -0.39 is 23.2 Å². The van der Waals surface area contributed by atoms with Gasteiger partial charge in [-0.1, -0.05) is 135 Å². The van der Waals surface area contributed by atoms with Gasteiger partial charge in [-0.2, -0.15) is 0 Å². The van der Waals surface area contributed by atoms with Gasteiger partial charge in [-0.25, -0.2) is 19.6 Å². The van der Waals surface area contributed by atoms with E-state index in [4.69, 9.17) is 29.7 Å². The number of carbonyl (C=O) groups is 3. The Kier molecular flexibility index (Phi) is 20.4. The molecule has 8 unspecified atom stereocenters. The predicted octanol–water partition coefficient (Wildman–Crippen LogP) is 13.7. The van der Waals surface area contributed by atoms with Crippen molar-refractivity contribution in [1.82, 2.24) is 30.5 Å². The Morgan fingerprint density at radius 1 is 0.812 bits per heavy atom. The van der Waals surface area contributed by atoms with Crippen LogP contribution in [0.15, 0.2) is 60.2 Å². The van der Waals surface area contributed by atoms with Gasteiger partial charge in [0, 0.05) is 49.5 Å². The quantitative estimate of drug-likeness (QED) is 0.0331. The number of pyridine rings is 1. The number of aromatic nitrogens is 3. The second-order valence-corrected chi connectivity index (χ2v) is 26.6. The van der Waals surface area contributed by atoms with Gasteiger partial charge < -0.3 is 45.2 Å². The number of alkyl carbamates (subject to hydrolysis) is 2. The molecule has 14 heteroatoms. The van der Waals surface area contributed by atoms with Gasteiger partial charge in [0.1, 0.15) is 24.6 Å². The first-order chi connectivity index (χ1) is 38.2. The number of rotatable bonds is 27. The van der Waals surface area contributed by atoms with E-state index in [1.807, 2.05) is 58.0 Å². The molecule has 0 saturated heterocycles. The van der Waals surface area contributed by atoms with E-state index in [0.717, 1.165) is 113 Å². The molecule has 8 rings (SSSR count). The molecular formula is C66H99N7O7. The van der Waals surface area contributed by atoms with Crippen LogP contribution in [0.25, 0.3) is 21.9 Å². The first-order valence-electron chi connectivity index (χ1n) is 30.9. The van der Waals surface area contributed by atoms with Crippen molar-refractivity contribution in [3.05, 3.63) is 77.1 Å². The molecule has 80 heavy (non-hydrogen) atoms. The fourth-order valence-corrected chi connectivity index (χ4v) is 14.7. The molecule has 4 aliphatic rings. The number of nitrogen functional groups attached to an aromatic ring is 1. The molecule has 2 aromatic heterocycles. The van der Waals surface area contributed by atoms with Gasteiger partial charge in [0.2, 0.25) is 5.91 Å². The summed E-state index contributed by atoms with van der Waals surface area (Å²) in [6.45, 7) is 24.9. The molecule has 3 fully saturated rings. The van der Waals surface area contributed by atoms with E-state index in [0.29, 0.717) is 50.3 Å². The Hall–Kier alpha value is -5.21. The maximum Gasteiger partial charge on any atom is 0.407 e. The number of amides is 3. The molecule has 2 heterocycles. The number of nitrogens with two attached hydrogens (primary N) is 1. The number of carbonyl (C=O) groups excluding carboxylic acids is 3. The summed E-state index contributed by atoms with van der Waals surface area (Å²) in [6, 6.07) is 16.3. The van der Waals surface area contributed by atoms with E-state index in [1.54, 1.807) is 5.57 Å². The molecule has 8 atom stereocenters. The lowest BCUT2D eigenvalue weighted by atomic mass is 9.47. The Morgan fingerprint density at radius 2 is 1.54 bits per heavy atom. The number of nitrogens with zero attached hydrogens (tertiary/aromatic N) is 3. The minimum absolute atomic E-state index is 0.0555. The van der Waals surface area contributed by atoms with E-state index in [2.05, 4.69) is 91.3 Å². The van der Waals surface area contributed by atoms with Crippen molar-refractivity contribution in [3.63, 3.8) is 0 Å². The first-order valence-corrected chi connectivity index (χ1v) is 30.9. The Morgan fingerprint density at radius 3 is 2.27 bits per heavy atom. The monoisotopic (exact) mass is 1100 g/mol. The first kappa shape index (κ1) is 60.9. The number of benzene rings is 2. The number of imidazole rings is 1. The second-order valence-electron chi connectivity index (χ2n) is 26.6. The lowest BCUT2D eigenvalue weighted by Crippen LogP contribution is -2.53. The van der Waals surface area contributed by atoms with E-state index >= 15 is 0 Å². The third-order valence-corrected chi connectivity index (χ3v) is 19.6. The summed E-state index contributed by atoms with van der Waals surface area (Å²) < 4.78 is 24.7. The van der Waals surface area contributed by atoms with Gasteiger partial charge in [0.05, 0.1) is 29.8 Å². The van der Waals surface area contributed by atoms with Crippen LogP contribution >= 0.6 is 0 Å². The molecule has 0 spiro atoms. The average Bonchev–Trinajstić information content (AvgIpc) is 4.17. The number of aryl methyl sites for hydroxylation is 1. The maximum absolute atomic E-state index is 13.8. The Labute approximate surface area is 478 Å². The van der Waals surface area contributed by atoms with Gasteiger partial charge in [-0.15, -0.1) is 0 Å². The van der Waals surface area contributed by atoms with Crippen LogP contribution in [0, 0.1) is 51.8 Å². The molecule has 3 amide bonds. The van der Waals surface area contributed by atoms with Crippen LogP contribution in [-0.2, 0) is 43.3 Å². The number of unbranched alkanes of at least 4 members (excludes halogenated alkanes) is 1. The number of fused-ring (bicyclic) bond motifs is 8. The summed E-state index contributed by atoms with van der Waals surface area (Å²) in [7, 11) is 0. The summed E-state index contributed by atoms with van der Waals surface area (Å²) in [5, 5.41) is 10.1. The van der Waals surface area contributed by atoms with Gasteiger partial charge in [0.25, 0.3) is 0 Å². The van der Waals surface area contributed by atoms with Crippen LogP contribution in [0.4, 0.5) is 15.4 Å². The fourth-order valence-electron chi connectivity index (χ4n) is 14.7. The van der Waals surface area contributed by atoms with Crippen molar-refractivity contribution < 1.29 is 33.3 Å². The maximum atomic E-state index is 13.8. The predicted molar refractivity (Wildman–Crippen MR) is 320 cm³/mol. The zero-order chi connectivity index (χ0) is 57.2. The standard InChI is InChI=1S/C66H99N7O7/c1-11-12-20-56-72-57-58(51-18-13-14-19-55(51)71-59(57)67)73(56)43-47-23-21-46(22-24-47)42-69-62(76)79-40-38-77-37-39-78-61(75)68-35-33-64(7,8)80-36-34-63(5,6)60(74)70-49-29-31-65(9)48(41-49)25-26-50-53-28-27-52(45(4)17-15-16-44(2)3)66(53,10)32-30-54(50)65/h13-14,18-19,21-25,44-45,49-50,52-54H,11-12,15-17,20,26-43H2,1-10H3,(H2,67,71)(H,68,75)(H,69,76)(H,70,74). The summed E-state index contributed by atoms with van der Waals surface area (Å²) in [5.41, 5.74) is 12.3. The van der Waals surface area contributed by atoms with Crippen LogP contribution in [-0.4, -0.2) is 83.9 Å². The number of hydrogen-bond acceptors (Lipinski definition) is 10. The highest BCUT2D eigenvalue weighted by molar-refractivity contribution is 6.06. The molecule has 440 valence electrons. The van der Waals surface area contributed by atoms with Gasteiger partial charge in [0.15, 0.2) is 5.82 Å². The number of nitrogens with one attached hydrogen (secondary N) is 3.